The van der Waals surface area contributed by atoms with Crippen LogP contribution in [0.15, 0.2) is 75.2 Å². The lowest BCUT2D eigenvalue weighted by molar-refractivity contribution is -0.118. The number of thioether (sulfide) groups is 1. The Balaban J connectivity index is 1.67. The summed E-state index contributed by atoms with van der Waals surface area (Å²) < 4.78 is 34.0. The Morgan fingerprint density at radius 2 is 1.97 bits per heavy atom. The van der Waals surface area contributed by atoms with Gasteiger partial charge in [-0.1, -0.05) is 23.9 Å². The lowest BCUT2D eigenvalue weighted by Gasteiger charge is -2.14. The molecule has 2 aromatic carbocycles. The molecule has 0 fully saturated rings. The molecule has 4 aromatic rings. The van der Waals surface area contributed by atoms with Crippen LogP contribution in [0.4, 0.5) is 8.78 Å². The molecule has 0 atom stereocenters. The lowest BCUT2D eigenvalue weighted by Crippen LogP contribution is -2.26. The Hall–Kier alpha value is -3.46. The fourth-order valence-electron chi connectivity index (χ4n) is 2.86. The van der Waals surface area contributed by atoms with Crippen molar-refractivity contribution in [1.82, 2.24) is 14.9 Å². The smallest absolute Gasteiger partial charge is 0.266 e. The summed E-state index contributed by atoms with van der Waals surface area (Å²) in [6.07, 6.45) is 1.51. The Labute approximate surface area is 173 Å². The fourth-order valence-corrected chi connectivity index (χ4v) is 3.70. The molecule has 30 heavy (non-hydrogen) atoms. The van der Waals surface area contributed by atoms with Gasteiger partial charge in [0.05, 0.1) is 35.2 Å². The Morgan fingerprint density at radius 3 is 2.73 bits per heavy atom. The summed E-state index contributed by atoms with van der Waals surface area (Å²) in [6, 6.07) is 13.0. The largest absolute Gasteiger partial charge is 0.467 e. The van der Waals surface area contributed by atoms with Crippen LogP contribution in [0.1, 0.15) is 5.76 Å². The zero-order valence-corrected chi connectivity index (χ0v) is 16.3. The minimum atomic E-state index is -0.904. The molecule has 152 valence electrons. The molecular weight excluding hydrogens is 412 g/mol. The van der Waals surface area contributed by atoms with Crippen LogP contribution in [0.25, 0.3) is 16.6 Å². The van der Waals surface area contributed by atoms with Gasteiger partial charge in [-0.25, -0.2) is 13.8 Å². The second-order valence-electron chi connectivity index (χ2n) is 6.29. The van der Waals surface area contributed by atoms with Gasteiger partial charge in [0, 0.05) is 6.07 Å². The summed E-state index contributed by atoms with van der Waals surface area (Å²) in [5.74, 6) is -1.44. The highest BCUT2D eigenvalue weighted by molar-refractivity contribution is 7.99. The van der Waals surface area contributed by atoms with Gasteiger partial charge >= 0.3 is 0 Å². The molecule has 0 spiro atoms. The number of rotatable bonds is 6. The van der Waals surface area contributed by atoms with E-state index in [1.54, 1.807) is 36.4 Å². The van der Waals surface area contributed by atoms with E-state index in [-0.39, 0.29) is 34.4 Å². The van der Waals surface area contributed by atoms with Crippen LogP contribution >= 0.6 is 11.8 Å². The number of hydrogen-bond acceptors (Lipinski definition) is 5. The second-order valence-corrected chi connectivity index (χ2v) is 7.24. The van der Waals surface area contributed by atoms with E-state index < -0.39 is 17.2 Å². The predicted octanol–water partition coefficient (Wildman–Crippen LogP) is 3.67. The Bertz CT molecular complexity index is 1270. The molecular formula is C21H15F2N3O3S. The van der Waals surface area contributed by atoms with Crippen molar-refractivity contribution in [3.63, 3.8) is 0 Å². The van der Waals surface area contributed by atoms with Crippen molar-refractivity contribution >= 4 is 28.6 Å². The third-order valence-electron chi connectivity index (χ3n) is 4.27. The SMILES string of the molecule is O=C(CSc1nc2ccccc2c(=O)n1-c1ccc(F)cc1F)NCc1ccco1. The molecule has 2 heterocycles. The highest BCUT2D eigenvalue weighted by atomic mass is 32.2. The molecule has 0 bridgehead atoms. The molecule has 9 heteroatoms. The molecule has 0 saturated heterocycles. The van der Waals surface area contributed by atoms with E-state index in [4.69, 9.17) is 4.42 Å². The zero-order chi connectivity index (χ0) is 21.1. The molecule has 2 aromatic heterocycles. The first-order chi connectivity index (χ1) is 14.5. The van der Waals surface area contributed by atoms with Crippen LogP contribution in [-0.4, -0.2) is 21.2 Å². The molecule has 0 aliphatic heterocycles. The molecule has 4 rings (SSSR count). The first-order valence-corrected chi connectivity index (χ1v) is 9.90. The molecule has 0 unspecified atom stereocenters. The summed E-state index contributed by atoms with van der Waals surface area (Å²) in [6.45, 7) is 0.219. The predicted molar refractivity (Wildman–Crippen MR) is 109 cm³/mol. The number of carbonyl (C=O) groups is 1. The standard InChI is InChI=1S/C21H15F2N3O3S/c22-13-7-8-18(16(23)10-13)26-20(28)15-5-1-2-6-17(15)25-21(26)30-12-19(27)24-11-14-4-3-9-29-14/h1-10H,11-12H2,(H,24,27). The normalized spacial score (nSPS) is 11.0. The van der Waals surface area contributed by atoms with Gasteiger partial charge in [-0.05, 0) is 36.4 Å². The highest BCUT2D eigenvalue weighted by Crippen LogP contribution is 2.23. The van der Waals surface area contributed by atoms with Crippen LogP contribution < -0.4 is 10.9 Å². The summed E-state index contributed by atoms with van der Waals surface area (Å²) in [5, 5.41) is 3.10. The van der Waals surface area contributed by atoms with E-state index in [0.29, 0.717) is 17.3 Å². The molecule has 0 saturated carbocycles. The second kappa shape index (κ2) is 8.50. The van der Waals surface area contributed by atoms with Gasteiger partial charge in [0.15, 0.2) is 5.16 Å². The summed E-state index contributed by atoms with van der Waals surface area (Å²) in [5.41, 5.74) is -0.234. The molecule has 0 aliphatic carbocycles. The van der Waals surface area contributed by atoms with Crippen molar-refractivity contribution in [1.29, 1.82) is 0 Å². The van der Waals surface area contributed by atoms with Crippen molar-refractivity contribution in [2.75, 3.05) is 5.75 Å². The van der Waals surface area contributed by atoms with E-state index in [1.165, 1.54) is 12.3 Å². The fraction of sp³-hybridized carbons (Fsp3) is 0.0952. The van der Waals surface area contributed by atoms with Gasteiger partial charge in [-0.2, -0.15) is 0 Å². The highest BCUT2D eigenvalue weighted by Gasteiger charge is 2.17. The van der Waals surface area contributed by atoms with Crippen molar-refractivity contribution in [2.24, 2.45) is 0 Å². The topological polar surface area (TPSA) is 77.1 Å². The van der Waals surface area contributed by atoms with Gasteiger partial charge in [0.25, 0.3) is 5.56 Å². The molecule has 0 aliphatic rings. The van der Waals surface area contributed by atoms with Crippen LogP contribution in [0, 0.1) is 11.6 Å². The maximum absolute atomic E-state index is 14.4. The maximum Gasteiger partial charge on any atom is 0.266 e. The van der Waals surface area contributed by atoms with Gasteiger partial charge in [-0.15, -0.1) is 0 Å². The summed E-state index contributed by atoms with van der Waals surface area (Å²) in [4.78, 5) is 29.7. The number of nitrogens with one attached hydrogen (secondary N) is 1. The minimum Gasteiger partial charge on any atom is -0.467 e. The van der Waals surface area contributed by atoms with E-state index in [1.807, 2.05) is 0 Å². The maximum atomic E-state index is 14.4. The number of carbonyl (C=O) groups excluding carboxylic acids is 1. The van der Waals surface area contributed by atoms with Crippen LogP contribution in [0.5, 0.6) is 0 Å². The quantitative estimate of drug-likeness (QED) is 0.375. The number of aromatic nitrogens is 2. The molecule has 0 radical (unpaired) electrons. The number of hydrogen-bond donors (Lipinski definition) is 1. The van der Waals surface area contributed by atoms with E-state index in [9.17, 15) is 18.4 Å². The van der Waals surface area contributed by atoms with Crippen molar-refractivity contribution in [3.05, 3.63) is 88.6 Å². The van der Waals surface area contributed by atoms with Gasteiger partial charge < -0.3 is 9.73 Å². The van der Waals surface area contributed by atoms with Gasteiger partial charge in [0.1, 0.15) is 17.4 Å². The van der Waals surface area contributed by atoms with Crippen LogP contribution in [-0.2, 0) is 11.3 Å². The number of benzene rings is 2. The van der Waals surface area contributed by atoms with Gasteiger partial charge in [0.2, 0.25) is 5.91 Å². The van der Waals surface area contributed by atoms with E-state index in [0.717, 1.165) is 22.4 Å². The van der Waals surface area contributed by atoms with E-state index >= 15 is 0 Å². The molecule has 1 N–H and O–H groups in total. The average molecular weight is 427 g/mol. The third-order valence-corrected chi connectivity index (χ3v) is 5.21. The van der Waals surface area contributed by atoms with Crippen molar-refractivity contribution in [2.45, 2.75) is 11.7 Å². The lowest BCUT2D eigenvalue weighted by atomic mass is 10.2. The molecule has 6 nitrogen and oxygen atoms in total. The number of furan rings is 1. The van der Waals surface area contributed by atoms with Crippen molar-refractivity contribution in [3.8, 4) is 5.69 Å². The average Bonchev–Trinajstić information content (AvgIpc) is 3.25. The van der Waals surface area contributed by atoms with Crippen LogP contribution in [0.3, 0.4) is 0 Å². The summed E-state index contributed by atoms with van der Waals surface area (Å²) >= 11 is 0.978. The number of para-hydroxylation sites is 1. The Kier molecular flexibility index (Phi) is 5.62. The summed E-state index contributed by atoms with van der Waals surface area (Å²) in [7, 11) is 0. The monoisotopic (exact) mass is 427 g/mol. The third kappa shape index (κ3) is 4.11. The first-order valence-electron chi connectivity index (χ1n) is 8.92. The Morgan fingerprint density at radius 1 is 1.13 bits per heavy atom. The minimum absolute atomic E-state index is 0.0612. The number of amides is 1. The molecule has 1 amide bonds. The number of halogens is 2. The first kappa shape index (κ1) is 19.8. The van der Waals surface area contributed by atoms with E-state index in [2.05, 4.69) is 10.3 Å². The zero-order valence-electron chi connectivity index (χ0n) is 15.5. The van der Waals surface area contributed by atoms with Crippen LogP contribution in [0.2, 0.25) is 0 Å². The number of nitrogens with zero attached hydrogens (tertiary/aromatic N) is 2. The van der Waals surface area contributed by atoms with Crippen molar-refractivity contribution < 1.29 is 18.0 Å². The van der Waals surface area contributed by atoms with Gasteiger partial charge in [-0.3, -0.25) is 14.2 Å². The number of fused-ring (bicyclic) bond motifs is 1.